The molecule has 2 fully saturated rings. The highest BCUT2D eigenvalue weighted by molar-refractivity contribution is 5.16. The first-order chi connectivity index (χ1) is 8.03. The quantitative estimate of drug-likeness (QED) is 0.864. The molecule has 0 aromatic carbocycles. The highest BCUT2D eigenvalue weighted by Crippen LogP contribution is 2.46. The Morgan fingerprint density at radius 3 is 2.65 bits per heavy atom. The molecule has 94 valence electrons. The molecule has 1 N–H and O–H groups in total. The van der Waals surface area contributed by atoms with Crippen LogP contribution in [0.2, 0.25) is 0 Å². The molecule has 7 heteroatoms. The third-order valence-corrected chi connectivity index (χ3v) is 3.49. The van der Waals surface area contributed by atoms with Crippen molar-refractivity contribution in [3.8, 4) is 0 Å². The molecular weight excluding hydrogens is 235 g/mol. The van der Waals surface area contributed by atoms with E-state index >= 15 is 0 Å². The summed E-state index contributed by atoms with van der Waals surface area (Å²) in [5.41, 5.74) is -1.99. The van der Waals surface area contributed by atoms with Crippen LogP contribution < -0.4 is 5.32 Å². The van der Waals surface area contributed by atoms with Crippen molar-refractivity contribution in [3.05, 3.63) is 11.7 Å². The zero-order valence-electron chi connectivity index (χ0n) is 9.05. The molecule has 4 nitrogen and oxygen atoms in total. The number of halogens is 3. The van der Waals surface area contributed by atoms with Crippen LogP contribution in [0.4, 0.5) is 13.2 Å². The Kier molecular flexibility index (Phi) is 2.23. The summed E-state index contributed by atoms with van der Waals surface area (Å²) >= 11 is 0. The molecule has 1 saturated carbocycles. The minimum Gasteiger partial charge on any atom is -0.338 e. The van der Waals surface area contributed by atoms with Crippen molar-refractivity contribution in [2.45, 2.75) is 36.8 Å². The average Bonchev–Trinajstić information content (AvgIpc) is 2.82. The Morgan fingerprint density at radius 2 is 2.12 bits per heavy atom. The molecule has 17 heavy (non-hydrogen) atoms. The van der Waals surface area contributed by atoms with Gasteiger partial charge in [-0.2, -0.15) is 18.2 Å². The molecule has 1 aromatic rings. The van der Waals surface area contributed by atoms with Crippen LogP contribution in [0, 0.1) is 0 Å². The fourth-order valence-electron chi connectivity index (χ4n) is 2.17. The van der Waals surface area contributed by atoms with Gasteiger partial charge in [0.15, 0.2) is 11.2 Å². The van der Waals surface area contributed by atoms with Gasteiger partial charge in [-0.15, -0.1) is 0 Å². The predicted molar refractivity (Wildman–Crippen MR) is 51.5 cm³/mol. The Balaban J connectivity index is 1.97. The van der Waals surface area contributed by atoms with Gasteiger partial charge in [-0.05, 0) is 25.8 Å². The van der Waals surface area contributed by atoms with Crippen LogP contribution in [-0.2, 0) is 5.41 Å². The number of aromatic nitrogens is 2. The molecule has 0 spiro atoms. The minimum absolute atomic E-state index is 0.0389. The number of nitrogens with zero attached hydrogens (tertiary/aromatic N) is 2. The van der Waals surface area contributed by atoms with Crippen LogP contribution in [0.25, 0.3) is 0 Å². The number of hydrogen-bond donors (Lipinski definition) is 1. The first-order valence-electron chi connectivity index (χ1n) is 5.64. The smallest absolute Gasteiger partial charge is 0.338 e. The summed E-state index contributed by atoms with van der Waals surface area (Å²) in [5.74, 6) is 0.347. The molecule has 3 rings (SSSR count). The standard InChI is InChI=1S/C10H12F3N3O/c11-10(12,13)9(3-4-14-5-9)8-15-7(16-17-8)6-1-2-6/h6,14H,1-5H2/t9-/m1/s1. The van der Waals surface area contributed by atoms with Crippen molar-refractivity contribution in [3.63, 3.8) is 0 Å². The predicted octanol–water partition coefficient (Wildman–Crippen LogP) is 1.74. The molecule has 1 atom stereocenters. The Labute approximate surface area is 95.6 Å². The summed E-state index contributed by atoms with van der Waals surface area (Å²) in [4.78, 5) is 3.96. The van der Waals surface area contributed by atoms with Crippen LogP contribution >= 0.6 is 0 Å². The van der Waals surface area contributed by atoms with E-state index in [0.717, 1.165) is 12.8 Å². The maximum Gasteiger partial charge on any atom is 0.404 e. The zero-order chi connectivity index (χ0) is 12.1. The van der Waals surface area contributed by atoms with E-state index < -0.39 is 11.6 Å². The Hall–Kier alpha value is -1.11. The minimum atomic E-state index is -4.36. The highest BCUT2D eigenvalue weighted by Gasteiger charge is 2.61. The molecule has 2 aliphatic rings. The van der Waals surface area contributed by atoms with Crippen molar-refractivity contribution in [2.24, 2.45) is 0 Å². The van der Waals surface area contributed by atoms with E-state index in [9.17, 15) is 13.2 Å². The fourth-order valence-corrected chi connectivity index (χ4v) is 2.17. The van der Waals surface area contributed by atoms with Gasteiger partial charge < -0.3 is 9.84 Å². The molecule has 0 bridgehead atoms. The van der Waals surface area contributed by atoms with E-state index in [1.165, 1.54) is 0 Å². The summed E-state index contributed by atoms with van der Waals surface area (Å²) < 4.78 is 44.3. The molecule has 1 aromatic heterocycles. The lowest BCUT2D eigenvalue weighted by Crippen LogP contribution is -2.44. The van der Waals surface area contributed by atoms with Gasteiger partial charge in [-0.1, -0.05) is 5.16 Å². The van der Waals surface area contributed by atoms with Crippen LogP contribution in [-0.4, -0.2) is 29.4 Å². The lowest BCUT2D eigenvalue weighted by Gasteiger charge is -2.26. The molecular formula is C10H12F3N3O. The second-order valence-electron chi connectivity index (χ2n) is 4.74. The third-order valence-electron chi connectivity index (χ3n) is 3.49. The first-order valence-corrected chi connectivity index (χ1v) is 5.64. The monoisotopic (exact) mass is 247 g/mol. The van der Waals surface area contributed by atoms with Gasteiger partial charge in [-0.25, -0.2) is 0 Å². The van der Waals surface area contributed by atoms with Crippen molar-refractivity contribution >= 4 is 0 Å². The number of hydrogen-bond acceptors (Lipinski definition) is 4. The molecule has 0 radical (unpaired) electrons. The maximum absolute atomic E-state index is 13.2. The van der Waals surface area contributed by atoms with Gasteiger partial charge in [0.05, 0.1) is 0 Å². The van der Waals surface area contributed by atoms with E-state index in [0.29, 0.717) is 12.4 Å². The first kappa shape index (κ1) is 11.0. The van der Waals surface area contributed by atoms with Crippen molar-refractivity contribution in [1.29, 1.82) is 0 Å². The Bertz CT molecular complexity index is 419. The van der Waals surface area contributed by atoms with Crippen molar-refractivity contribution < 1.29 is 17.7 Å². The summed E-state index contributed by atoms with van der Waals surface area (Å²) in [6.45, 7) is 0.142. The molecule has 1 aliphatic heterocycles. The van der Waals surface area contributed by atoms with Gasteiger partial charge in [-0.3, -0.25) is 0 Å². The van der Waals surface area contributed by atoms with Crippen LogP contribution in [0.3, 0.4) is 0 Å². The number of nitrogens with one attached hydrogen (secondary N) is 1. The summed E-state index contributed by atoms with van der Waals surface area (Å²) in [6.07, 6.45) is -2.51. The zero-order valence-corrected chi connectivity index (χ0v) is 9.05. The van der Waals surface area contributed by atoms with E-state index in [1.54, 1.807) is 0 Å². The normalized spacial score (nSPS) is 29.8. The molecule has 2 heterocycles. The van der Waals surface area contributed by atoms with Crippen LogP contribution in [0.1, 0.15) is 36.9 Å². The van der Waals surface area contributed by atoms with Crippen molar-refractivity contribution in [1.82, 2.24) is 15.5 Å². The maximum atomic E-state index is 13.2. The summed E-state index contributed by atoms with van der Waals surface area (Å²) in [7, 11) is 0. The van der Waals surface area contributed by atoms with Crippen molar-refractivity contribution in [2.75, 3.05) is 13.1 Å². The molecule has 1 saturated heterocycles. The SMILES string of the molecule is FC(F)(F)[C@]1(c2nc(C3CC3)no2)CCNC1. The highest BCUT2D eigenvalue weighted by atomic mass is 19.4. The van der Waals surface area contributed by atoms with Gasteiger partial charge in [0, 0.05) is 12.5 Å². The van der Waals surface area contributed by atoms with Gasteiger partial charge in [0.25, 0.3) is 0 Å². The lowest BCUT2D eigenvalue weighted by molar-refractivity contribution is -0.191. The molecule has 1 aliphatic carbocycles. The van der Waals surface area contributed by atoms with E-state index in [1.807, 2.05) is 0 Å². The fraction of sp³-hybridized carbons (Fsp3) is 0.800. The van der Waals surface area contributed by atoms with E-state index in [-0.39, 0.29) is 24.8 Å². The largest absolute Gasteiger partial charge is 0.404 e. The number of alkyl halides is 3. The van der Waals surface area contributed by atoms with Gasteiger partial charge >= 0.3 is 6.18 Å². The van der Waals surface area contributed by atoms with Crippen LogP contribution in [0.15, 0.2) is 4.52 Å². The topological polar surface area (TPSA) is 51.0 Å². The average molecular weight is 247 g/mol. The second-order valence-corrected chi connectivity index (χ2v) is 4.74. The Morgan fingerprint density at radius 1 is 1.35 bits per heavy atom. The third kappa shape index (κ3) is 1.64. The summed E-state index contributed by atoms with van der Waals surface area (Å²) in [5, 5.41) is 6.39. The van der Waals surface area contributed by atoms with Gasteiger partial charge in [0.2, 0.25) is 5.89 Å². The molecule has 0 amide bonds. The second kappa shape index (κ2) is 3.44. The van der Waals surface area contributed by atoms with Crippen LogP contribution in [0.5, 0.6) is 0 Å². The number of rotatable bonds is 2. The summed E-state index contributed by atoms with van der Waals surface area (Å²) in [6, 6.07) is 0. The lowest BCUT2D eigenvalue weighted by atomic mass is 9.86. The van der Waals surface area contributed by atoms with E-state index in [2.05, 4.69) is 15.5 Å². The van der Waals surface area contributed by atoms with E-state index in [4.69, 9.17) is 4.52 Å². The van der Waals surface area contributed by atoms with Gasteiger partial charge in [0.1, 0.15) is 0 Å². The molecule has 0 unspecified atom stereocenters.